The topological polar surface area (TPSA) is 84.5 Å². The molecule has 2 aromatic rings. The minimum Gasteiger partial charge on any atom is -0.452 e. The van der Waals surface area contributed by atoms with Crippen molar-refractivity contribution in [3.63, 3.8) is 0 Å². The van der Waals surface area contributed by atoms with E-state index in [1.54, 1.807) is 24.3 Å². The van der Waals surface area contributed by atoms with Gasteiger partial charge >= 0.3 is 5.97 Å². The Morgan fingerprint density at radius 2 is 1.38 bits per heavy atom. The van der Waals surface area contributed by atoms with Crippen LogP contribution in [0, 0.1) is 20.8 Å². The molecule has 0 atom stereocenters. The van der Waals surface area contributed by atoms with Crippen LogP contribution in [0.4, 0.5) is 11.4 Å². The van der Waals surface area contributed by atoms with Gasteiger partial charge < -0.3 is 15.4 Å². The predicted octanol–water partition coefficient (Wildman–Crippen LogP) is 3.37. The van der Waals surface area contributed by atoms with E-state index in [0.717, 1.165) is 16.7 Å². The molecule has 0 aliphatic heterocycles. The van der Waals surface area contributed by atoms with Gasteiger partial charge in [-0.25, -0.2) is 4.79 Å². The summed E-state index contributed by atoms with van der Waals surface area (Å²) in [5, 5.41) is 5.28. The molecule has 0 unspecified atom stereocenters. The summed E-state index contributed by atoms with van der Waals surface area (Å²) in [5.41, 5.74) is 4.37. The number of benzene rings is 2. The SMILES string of the molecule is CC(=O)Nc1ccc(NC(=O)COC(=O)c2c(C)cc(C)cc2C)cc1. The molecule has 2 aromatic carbocycles. The zero-order valence-electron chi connectivity index (χ0n) is 15.3. The summed E-state index contributed by atoms with van der Waals surface area (Å²) < 4.78 is 5.13. The molecule has 0 saturated heterocycles. The van der Waals surface area contributed by atoms with Gasteiger partial charge in [0.15, 0.2) is 6.61 Å². The third kappa shape index (κ3) is 5.17. The minimum absolute atomic E-state index is 0.171. The first kappa shape index (κ1) is 19.2. The average molecular weight is 354 g/mol. The summed E-state index contributed by atoms with van der Waals surface area (Å²) in [5.74, 6) is -1.13. The van der Waals surface area contributed by atoms with E-state index in [4.69, 9.17) is 4.74 Å². The van der Waals surface area contributed by atoms with Crippen LogP contribution in [0.25, 0.3) is 0 Å². The molecule has 6 nitrogen and oxygen atoms in total. The molecule has 2 rings (SSSR count). The number of amides is 2. The van der Waals surface area contributed by atoms with Gasteiger partial charge in [0.2, 0.25) is 5.91 Å². The lowest BCUT2D eigenvalue weighted by molar-refractivity contribution is -0.119. The molecule has 0 saturated carbocycles. The maximum Gasteiger partial charge on any atom is 0.339 e. The number of nitrogens with one attached hydrogen (secondary N) is 2. The molecule has 136 valence electrons. The van der Waals surface area contributed by atoms with Crippen LogP contribution < -0.4 is 10.6 Å². The highest BCUT2D eigenvalue weighted by molar-refractivity contribution is 5.97. The van der Waals surface area contributed by atoms with E-state index >= 15 is 0 Å². The molecule has 0 heterocycles. The van der Waals surface area contributed by atoms with Crippen molar-refractivity contribution in [2.45, 2.75) is 27.7 Å². The van der Waals surface area contributed by atoms with Crippen molar-refractivity contribution in [2.75, 3.05) is 17.2 Å². The second-order valence-corrected chi connectivity index (χ2v) is 6.16. The first-order valence-corrected chi connectivity index (χ1v) is 8.18. The Morgan fingerprint density at radius 3 is 1.88 bits per heavy atom. The lowest BCUT2D eigenvalue weighted by Gasteiger charge is -2.11. The van der Waals surface area contributed by atoms with Gasteiger partial charge in [0.1, 0.15) is 0 Å². The number of hydrogen-bond acceptors (Lipinski definition) is 4. The number of anilines is 2. The second-order valence-electron chi connectivity index (χ2n) is 6.16. The Labute approximate surface area is 152 Å². The maximum absolute atomic E-state index is 12.3. The van der Waals surface area contributed by atoms with Gasteiger partial charge in [-0.1, -0.05) is 17.7 Å². The zero-order valence-corrected chi connectivity index (χ0v) is 15.3. The van der Waals surface area contributed by atoms with Crippen LogP contribution >= 0.6 is 0 Å². The van der Waals surface area contributed by atoms with Gasteiger partial charge in [-0.15, -0.1) is 0 Å². The van der Waals surface area contributed by atoms with Gasteiger partial charge in [0.05, 0.1) is 5.56 Å². The Balaban J connectivity index is 1.92. The van der Waals surface area contributed by atoms with Crippen LogP contribution in [0.5, 0.6) is 0 Å². The van der Waals surface area contributed by atoms with Crippen molar-refractivity contribution < 1.29 is 19.1 Å². The van der Waals surface area contributed by atoms with Gasteiger partial charge in [-0.05, 0) is 56.2 Å². The minimum atomic E-state index is -0.517. The summed E-state index contributed by atoms with van der Waals surface area (Å²) >= 11 is 0. The van der Waals surface area contributed by atoms with Gasteiger partial charge in [-0.3, -0.25) is 9.59 Å². The molecule has 2 amide bonds. The molecule has 0 bridgehead atoms. The molecular weight excluding hydrogens is 332 g/mol. The zero-order chi connectivity index (χ0) is 19.3. The first-order valence-electron chi connectivity index (χ1n) is 8.18. The number of carbonyl (C=O) groups is 3. The Hall–Kier alpha value is -3.15. The third-order valence-electron chi connectivity index (χ3n) is 3.70. The van der Waals surface area contributed by atoms with Crippen molar-refractivity contribution >= 4 is 29.2 Å². The first-order chi connectivity index (χ1) is 12.3. The molecule has 26 heavy (non-hydrogen) atoms. The van der Waals surface area contributed by atoms with Crippen molar-refractivity contribution in [3.8, 4) is 0 Å². The van der Waals surface area contributed by atoms with E-state index in [9.17, 15) is 14.4 Å². The summed E-state index contributed by atoms with van der Waals surface area (Å²) in [4.78, 5) is 35.2. The summed E-state index contributed by atoms with van der Waals surface area (Å²) in [6.45, 7) is 6.68. The molecule has 6 heteroatoms. The number of hydrogen-bond donors (Lipinski definition) is 2. The Bertz CT molecular complexity index is 818. The largest absolute Gasteiger partial charge is 0.452 e. The highest BCUT2D eigenvalue weighted by Gasteiger charge is 2.16. The molecule has 2 N–H and O–H groups in total. The molecule has 0 aromatic heterocycles. The van der Waals surface area contributed by atoms with Crippen molar-refractivity contribution in [1.29, 1.82) is 0 Å². The van der Waals surface area contributed by atoms with Crippen LogP contribution in [0.3, 0.4) is 0 Å². The van der Waals surface area contributed by atoms with Crippen LogP contribution in [0.15, 0.2) is 36.4 Å². The second kappa shape index (κ2) is 8.29. The number of ether oxygens (including phenoxy) is 1. The fourth-order valence-corrected chi connectivity index (χ4v) is 2.74. The standard InChI is InChI=1S/C20H22N2O4/c1-12-9-13(2)19(14(3)10-12)20(25)26-11-18(24)22-17-7-5-16(6-8-17)21-15(4)23/h5-10H,11H2,1-4H3,(H,21,23)(H,22,24). The number of carbonyl (C=O) groups excluding carboxylic acids is 3. The quantitative estimate of drug-likeness (QED) is 0.806. The maximum atomic E-state index is 12.3. The molecule has 0 aliphatic carbocycles. The van der Waals surface area contributed by atoms with Gasteiger partial charge in [0, 0.05) is 18.3 Å². The predicted molar refractivity (Wildman–Crippen MR) is 100 cm³/mol. The Kier molecular flexibility index (Phi) is 6.11. The van der Waals surface area contributed by atoms with E-state index in [1.807, 2.05) is 32.9 Å². The van der Waals surface area contributed by atoms with E-state index in [-0.39, 0.29) is 12.5 Å². The molecule has 0 spiro atoms. The summed E-state index contributed by atoms with van der Waals surface area (Å²) in [6.07, 6.45) is 0. The lowest BCUT2D eigenvalue weighted by Crippen LogP contribution is -2.21. The lowest BCUT2D eigenvalue weighted by atomic mass is 10.00. The third-order valence-corrected chi connectivity index (χ3v) is 3.70. The molecule has 0 fully saturated rings. The van der Waals surface area contributed by atoms with Gasteiger partial charge in [0.25, 0.3) is 5.91 Å². The van der Waals surface area contributed by atoms with Crippen molar-refractivity contribution in [1.82, 2.24) is 0 Å². The van der Waals surface area contributed by atoms with Crippen LogP contribution in [0.1, 0.15) is 34.0 Å². The highest BCUT2D eigenvalue weighted by Crippen LogP contribution is 2.18. The van der Waals surface area contributed by atoms with E-state index in [2.05, 4.69) is 10.6 Å². The monoisotopic (exact) mass is 354 g/mol. The summed E-state index contributed by atoms with van der Waals surface area (Å²) in [7, 11) is 0. The molecule has 0 aliphatic rings. The average Bonchev–Trinajstić information content (AvgIpc) is 2.53. The van der Waals surface area contributed by atoms with Crippen LogP contribution in [-0.2, 0) is 14.3 Å². The van der Waals surface area contributed by atoms with E-state index < -0.39 is 11.9 Å². The van der Waals surface area contributed by atoms with E-state index in [1.165, 1.54) is 6.92 Å². The number of rotatable bonds is 5. The number of esters is 1. The van der Waals surface area contributed by atoms with Gasteiger partial charge in [-0.2, -0.15) is 0 Å². The molecule has 0 radical (unpaired) electrons. The Morgan fingerprint density at radius 1 is 0.885 bits per heavy atom. The highest BCUT2D eigenvalue weighted by atomic mass is 16.5. The van der Waals surface area contributed by atoms with Crippen molar-refractivity contribution in [3.05, 3.63) is 58.7 Å². The van der Waals surface area contributed by atoms with E-state index in [0.29, 0.717) is 16.9 Å². The van der Waals surface area contributed by atoms with Crippen molar-refractivity contribution in [2.24, 2.45) is 0 Å². The van der Waals surface area contributed by atoms with Crippen LogP contribution in [-0.4, -0.2) is 24.4 Å². The van der Waals surface area contributed by atoms with Crippen LogP contribution in [0.2, 0.25) is 0 Å². The molecular formula is C20H22N2O4. The summed E-state index contributed by atoms with van der Waals surface area (Å²) in [6, 6.07) is 10.4. The fourth-order valence-electron chi connectivity index (χ4n) is 2.74. The fraction of sp³-hybridized carbons (Fsp3) is 0.250. The number of aryl methyl sites for hydroxylation is 3. The normalized spacial score (nSPS) is 10.2. The smallest absolute Gasteiger partial charge is 0.339 e.